The van der Waals surface area contributed by atoms with Crippen molar-refractivity contribution in [1.29, 1.82) is 0 Å². The fraction of sp³-hybridized carbons (Fsp3) is 0.545. The van der Waals surface area contributed by atoms with Gasteiger partial charge < -0.3 is 14.4 Å². The van der Waals surface area contributed by atoms with Crippen molar-refractivity contribution in [2.24, 2.45) is 0 Å². The number of aromatic carboxylic acids is 1. The molecular weight excluding hydrogens is 274 g/mol. The summed E-state index contributed by atoms with van der Waals surface area (Å²) in [6.07, 6.45) is 3.61. The molecule has 1 heterocycles. The molecule has 0 saturated carbocycles. The number of halogens is 1. The maximum absolute atomic E-state index is 10.9. The van der Waals surface area contributed by atoms with Crippen LogP contribution in [0, 0.1) is 0 Å². The minimum Gasteiger partial charge on any atom is -0.477 e. The molecule has 0 saturated heterocycles. The fourth-order valence-corrected chi connectivity index (χ4v) is 1.89. The Morgan fingerprint density at radius 1 is 1.56 bits per heavy atom. The highest BCUT2D eigenvalue weighted by Gasteiger charge is 2.10. The molecule has 0 bridgehead atoms. The Morgan fingerprint density at radius 2 is 2.31 bits per heavy atom. The van der Waals surface area contributed by atoms with E-state index in [4.69, 9.17) is 9.84 Å². The van der Waals surface area contributed by atoms with E-state index in [0.717, 1.165) is 23.9 Å². The highest BCUT2D eigenvalue weighted by atomic mass is 79.9. The van der Waals surface area contributed by atoms with Crippen LogP contribution in [0.3, 0.4) is 0 Å². The van der Waals surface area contributed by atoms with E-state index in [1.807, 2.05) is 0 Å². The van der Waals surface area contributed by atoms with E-state index >= 15 is 0 Å². The van der Waals surface area contributed by atoms with Gasteiger partial charge in [-0.1, -0.05) is 6.92 Å². The van der Waals surface area contributed by atoms with E-state index in [-0.39, 0.29) is 0 Å². The van der Waals surface area contributed by atoms with Crippen LogP contribution in [-0.4, -0.2) is 28.9 Å². The first-order valence-electron chi connectivity index (χ1n) is 5.32. The number of aromatic nitrogens is 1. The van der Waals surface area contributed by atoms with Crippen LogP contribution < -0.4 is 0 Å². The molecule has 0 radical (unpaired) electrons. The number of hydrogen-bond donors (Lipinski definition) is 1. The van der Waals surface area contributed by atoms with Crippen molar-refractivity contribution >= 4 is 21.9 Å². The van der Waals surface area contributed by atoms with Crippen molar-refractivity contribution in [1.82, 2.24) is 4.57 Å². The van der Waals surface area contributed by atoms with Crippen molar-refractivity contribution in [2.45, 2.75) is 26.3 Å². The molecule has 0 aliphatic rings. The number of carboxylic acid groups (broad SMARTS) is 1. The summed E-state index contributed by atoms with van der Waals surface area (Å²) in [5.74, 6) is -0.903. The zero-order chi connectivity index (χ0) is 12.0. The lowest BCUT2D eigenvalue weighted by molar-refractivity contribution is 0.0683. The third-order valence-corrected chi connectivity index (χ3v) is 2.55. The Bertz CT molecular complexity index is 349. The maximum atomic E-state index is 10.9. The highest BCUT2D eigenvalue weighted by molar-refractivity contribution is 9.10. The second-order valence-electron chi connectivity index (χ2n) is 3.51. The first-order valence-corrected chi connectivity index (χ1v) is 6.11. The third kappa shape index (κ3) is 3.98. The first-order chi connectivity index (χ1) is 7.65. The van der Waals surface area contributed by atoms with Crippen molar-refractivity contribution in [3.8, 4) is 0 Å². The summed E-state index contributed by atoms with van der Waals surface area (Å²) >= 11 is 3.27. The predicted molar refractivity (Wildman–Crippen MR) is 64.8 cm³/mol. The van der Waals surface area contributed by atoms with Gasteiger partial charge in [0.1, 0.15) is 5.69 Å². The Morgan fingerprint density at radius 3 is 2.94 bits per heavy atom. The van der Waals surface area contributed by atoms with Crippen LogP contribution in [0.1, 0.15) is 30.3 Å². The molecule has 0 unspecified atom stereocenters. The summed E-state index contributed by atoms with van der Waals surface area (Å²) in [4.78, 5) is 10.9. The smallest absolute Gasteiger partial charge is 0.352 e. The second-order valence-corrected chi connectivity index (χ2v) is 4.42. The molecule has 0 fully saturated rings. The summed E-state index contributed by atoms with van der Waals surface area (Å²) < 4.78 is 7.85. The van der Waals surface area contributed by atoms with Gasteiger partial charge in [-0.15, -0.1) is 0 Å². The molecule has 1 aromatic heterocycles. The molecule has 1 aromatic rings. The molecule has 0 spiro atoms. The Labute approximate surface area is 103 Å². The van der Waals surface area contributed by atoms with Crippen LogP contribution in [-0.2, 0) is 11.3 Å². The SMILES string of the molecule is CCCOCCCn1cc(Br)cc1C(=O)O. The van der Waals surface area contributed by atoms with E-state index in [1.54, 1.807) is 16.8 Å². The molecule has 0 aliphatic carbocycles. The molecule has 90 valence electrons. The van der Waals surface area contributed by atoms with Gasteiger partial charge in [-0.3, -0.25) is 0 Å². The number of carboxylic acids is 1. The molecule has 16 heavy (non-hydrogen) atoms. The zero-order valence-corrected chi connectivity index (χ0v) is 10.9. The number of hydrogen-bond acceptors (Lipinski definition) is 2. The molecule has 4 nitrogen and oxygen atoms in total. The predicted octanol–water partition coefficient (Wildman–Crippen LogP) is 2.77. The van der Waals surface area contributed by atoms with Crippen LogP contribution in [0.4, 0.5) is 0 Å². The zero-order valence-electron chi connectivity index (χ0n) is 9.28. The van der Waals surface area contributed by atoms with Gasteiger partial charge in [0, 0.05) is 30.4 Å². The van der Waals surface area contributed by atoms with Crippen molar-refractivity contribution < 1.29 is 14.6 Å². The highest BCUT2D eigenvalue weighted by Crippen LogP contribution is 2.15. The quantitative estimate of drug-likeness (QED) is 0.786. The van der Waals surface area contributed by atoms with Crippen LogP contribution in [0.15, 0.2) is 16.7 Å². The summed E-state index contributed by atoms with van der Waals surface area (Å²) in [6, 6.07) is 1.61. The molecule has 0 amide bonds. The lowest BCUT2D eigenvalue weighted by Crippen LogP contribution is -2.09. The van der Waals surface area contributed by atoms with Crippen molar-refractivity contribution in [2.75, 3.05) is 13.2 Å². The Hall–Kier alpha value is -0.810. The summed E-state index contributed by atoms with van der Waals surface area (Å²) in [5.41, 5.74) is 0.308. The lowest BCUT2D eigenvalue weighted by Gasteiger charge is -2.06. The molecular formula is C11H16BrNO3. The van der Waals surface area contributed by atoms with Crippen LogP contribution >= 0.6 is 15.9 Å². The maximum Gasteiger partial charge on any atom is 0.352 e. The Balaban J connectivity index is 2.44. The van der Waals surface area contributed by atoms with Crippen molar-refractivity contribution in [3.63, 3.8) is 0 Å². The average molecular weight is 290 g/mol. The minimum absolute atomic E-state index is 0.308. The van der Waals surface area contributed by atoms with Gasteiger partial charge in [0.05, 0.1) is 0 Å². The molecule has 0 aliphatic heterocycles. The summed E-state index contributed by atoms with van der Waals surface area (Å²) in [7, 11) is 0. The number of nitrogens with zero attached hydrogens (tertiary/aromatic N) is 1. The van der Waals surface area contributed by atoms with Gasteiger partial charge in [-0.05, 0) is 34.8 Å². The van der Waals surface area contributed by atoms with Gasteiger partial charge in [-0.25, -0.2) is 4.79 Å². The van der Waals surface area contributed by atoms with Crippen LogP contribution in [0.2, 0.25) is 0 Å². The van der Waals surface area contributed by atoms with E-state index in [0.29, 0.717) is 18.8 Å². The number of aryl methyl sites for hydroxylation is 1. The van der Waals surface area contributed by atoms with Gasteiger partial charge in [-0.2, -0.15) is 0 Å². The largest absolute Gasteiger partial charge is 0.477 e. The molecule has 0 atom stereocenters. The van der Waals surface area contributed by atoms with E-state index in [9.17, 15) is 4.79 Å². The van der Waals surface area contributed by atoms with Gasteiger partial charge >= 0.3 is 5.97 Å². The molecule has 0 aromatic carbocycles. The average Bonchev–Trinajstić information content (AvgIpc) is 2.59. The summed E-state index contributed by atoms with van der Waals surface area (Å²) in [5, 5.41) is 8.95. The van der Waals surface area contributed by atoms with Crippen LogP contribution in [0.25, 0.3) is 0 Å². The fourth-order valence-electron chi connectivity index (χ4n) is 1.42. The normalized spacial score (nSPS) is 10.6. The van der Waals surface area contributed by atoms with E-state index in [1.165, 1.54) is 0 Å². The van der Waals surface area contributed by atoms with Gasteiger partial charge in [0.15, 0.2) is 0 Å². The number of ether oxygens (including phenoxy) is 1. The molecule has 5 heteroatoms. The first kappa shape index (κ1) is 13.3. The second kappa shape index (κ2) is 6.70. The lowest BCUT2D eigenvalue weighted by atomic mass is 10.4. The monoisotopic (exact) mass is 289 g/mol. The standard InChI is InChI=1S/C11H16BrNO3/c1-2-5-16-6-3-4-13-8-9(12)7-10(13)11(14)15/h7-8H,2-6H2,1H3,(H,14,15). The number of rotatable bonds is 7. The van der Waals surface area contributed by atoms with Crippen molar-refractivity contribution in [3.05, 3.63) is 22.4 Å². The third-order valence-electron chi connectivity index (χ3n) is 2.12. The van der Waals surface area contributed by atoms with Crippen LogP contribution in [0.5, 0.6) is 0 Å². The van der Waals surface area contributed by atoms with Gasteiger partial charge in [0.2, 0.25) is 0 Å². The molecule has 1 rings (SSSR count). The van der Waals surface area contributed by atoms with E-state index in [2.05, 4.69) is 22.9 Å². The number of carbonyl (C=O) groups is 1. The summed E-state index contributed by atoms with van der Waals surface area (Å²) in [6.45, 7) is 4.16. The minimum atomic E-state index is -0.903. The van der Waals surface area contributed by atoms with E-state index < -0.39 is 5.97 Å². The topological polar surface area (TPSA) is 51.5 Å². The molecule has 1 N–H and O–H groups in total. The Kier molecular flexibility index (Phi) is 5.55. The van der Waals surface area contributed by atoms with Gasteiger partial charge in [0.25, 0.3) is 0 Å².